The highest BCUT2D eigenvalue weighted by Gasteiger charge is 2.29. The van der Waals surface area contributed by atoms with Gasteiger partial charge >= 0.3 is 6.01 Å². The van der Waals surface area contributed by atoms with E-state index in [4.69, 9.17) is 12.6 Å². The van der Waals surface area contributed by atoms with Crippen molar-refractivity contribution in [3.8, 4) is 17.1 Å². The maximum absolute atomic E-state index is 13.8. The molecular weight excluding hydrogens is 627 g/mol. The average molecular weight is 650 g/mol. The molecule has 0 amide bonds. The highest BCUT2D eigenvalue weighted by atomic mass is 32.1. The lowest BCUT2D eigenvalue weighted by atomic mass is 9.83. The number of hydrogen-bond donors (Lipinski definition) is 7. The topological polar surface area (TPSA) is 134 Å². The number of pyridine rings is 1. The normalized spacial score (nSPS) is 11.8. The van der Waals surface area contributed by atoms with Crippen molar-refractivity contribution in [2.45, 2.75) is 14.7 Å². The zero-order valence-corrected chi connectivity index (χ0v) is 26.1. The Hall–Kier alpha value is -4.98. The Labute approximate surface area is 272 Å². The van der Waals surface area contributed by atoms with E-state index < -0.39 is 6.01 Å². The van der Waals surface area contributed by atoms with Crippen LogP contribution in [0.3, 0.4) is 0 Å². The fourth-order valence-electron chi connectivity index (χ4n) is 5.37. The zero-order chi connectivity index (χ0) is 31.4. The highest BCUT2D eigenvalue weighted by Crippen LogP contribution is 2.42. The minimum atomic E-state index is -0.476. The lowest BCUT2D eigenvalue weighted by molar-refractivity contribution is 0.104. The predicted molar refractivity (Wildman–Crippen MR) is 184 cm³/mol. The highest BCUT2D eigenvalue weighted by molar-refractivity contribution is 7.81. The van der Waals surface area contributed by atoms with Gasteiger partial charge in [0.15, 0.2) is 5.78 Å². The molecule has 2 heterocycles. The van der Waals surface area contributed by atoms with E-state index in [0.29, 0.717) is 49.2 Å². The van der Waals surface area contributed by atoms with Crippen LogP contribution in [0.1, 0.15) is 15.9 Å². The maximum atomic E-state index is 13.8. The van der Waals surface area contributed by atoms with Gasteiger partial charge in [-0.3, -0.25) is 9.59 Å². The van der Waals surface area contributed by atoms with Gasteiger partial charge in [-0.15, -0.1) is 37.9 Å². The number of aryl methyl sites for hydroxylation is 1. The summed E-state index contributed by atoms with van der Waals surface area (Å²) in [6, 6.07) is 22.7. The van der Waals surface area contributed by atoms with Gasteiger partial charge in [0.05, 0.1) is 28.1 Å². The van der Waals surface area contributed by atoms with Gasteiger partial charge in [0.25, 0.3) is 5.56 Å². The molecular formula is C32H23N7O3S3. The number of ketones is 1. The smallest absolute Gasteiger partial charge is 0.320 e. The molecule has 7 rings (SSSR count). The second-order valence-electron chi connectivity index (χ2n) is 10.3. The number of anilines is 6. The van der Waals surface area contributed by atoms with Crippen LogP contribution in [0.15, 0.2) is 98.3 Å². The molecule has 1 aliphatic rings. The van der Waals surface area contributed by atoms with Gasteiger partial charge in [0.2, 0.25) is 11.9 Å². The number of fused-ring (bicyclic) bond motifs is 2. The molecule has 0 radical (unpaired) electrons. The molecule has 0 aliphatic heterocycles. The molecule has 222 valence electrons. The third-order valence-electron chi connectivity index (χ3n) is 7.47. The quantitative estimate of drug-likeness (QED) is 0.0979. The first kappa shape index (κ1) is 28.8. The largest absolute Gasteiger partial charge is 0.479 e. The third kappa shape index (κ3) is 5.24. The van der Waals surface area contributed by atoms with Crippen LogP contribution in [0.2, 0.25) is 0 Å². The molecule has 1 aliphatic carbocycles. The summed E-state index contributed by atoms with van der Waals surface area (Å²) in [5.74, 6) is 0.0774. The summed E-state index contributed by atoms with van der Waals surface area (Å²) in [5.41, 5.74) is 5.45. The Morgan fingerprint density at radius 1 is 0.689 bits per heavy atom. The number of hydrogen-bond acceptors (Lipinski definition) is 12. The Balaban J connectivity index is 1.20. The third-order valence-corrected chi connectivity index (χ3v) is 8.51. The van der Waals surface area contributed by atoms with Crippen molar-refractivity contribution >= 4 is 89.2 Å². The average Bonchev–Trinajstić information content (AvgIpc) is 3.01. The molecule has 10 nitrogen and oxygen atoms in total. The number of thiol groups is 3. The van der Waals surface area contributed by atoms with E-state index in [9.17, 15) is 14.7 Å². The predicted octanol–water partition coefficient (Wildman–Crippen LogP) is 6.74. The van der Waals surface area contributed by atoms with Crippen LogP contribution in [0.5, 0.6) is 6.01 Å². The minimum absolute atomic E-state index is 0.0996. The SMILES string of the molecule is Cn1c(=O)cc2c3c(c(Nc4ccc(Nc5nc(O)nc(Nc6cc(S)ccc6S)n5)cc4S)ccc31)C(=O)c1ccccc1-2. The van der Waals surface area contributed by atoms with Gasteiger partial charge in [-0.1, -0.05) is 24.3 Å². The monoisotopic (exact) mass is 649 g/mol. The fraction of sp³-hybridized carbons (Fsp3) is 0.0312. The zero-order valence-electron chi connectivity index (χ0n) is 23.4. The Kier molecular flexibility index (Phi) is 7.15. The first-order valence-corrected chi connectivity index (χ1v) is 14.9. The molecule has 45 heavy (non-hydrogen) atoms. The van der Waals surface area contributed by atoms with Crippen LogP contribution in [-0.4, -0.2) is 30.4 Å². The number of aromatic nitrogens is 4. The van der Waals surface area contributed by atoms with E-state index in [-0.39, 0.29) is 23.2 Å². The first-order chi connectivity index (χ1) is 21.7. The van der Waals surface area contributed by atoms with E-state index in [1.165, 1.54) is 0 Å². The van der Waals surface area contributed by atoms with Crippen LogP contribution in [0, 0.1) is 0 Å². The molecule has 4 aromatic carbocycles. The van der Waals surface area contributed by atoms with Crippen LogP contribution in [0.25, 0.3) is 22.0 Å². The van der Waals surface area contributed by atoms with E-state index in [1.807, 2.05) is 24.3 Å². The molecule has 6 aromatic rings. The van der Waals surface area contributed by atoms with Gasteiger partial charge in [-0.2, -0.15) is 15.0 Å². The van der Waals surface area contributed by atoms with Crippen molar-refractivity contribution < 1.29 is 9.90 Å². The lowest BCUT2D eigenvalue weighted by Gasteiger charge is -2.24. The summed E-state index contributed by atoms with van der Waals surface area (Å²) in [6.07, 6.45) is 0. The van der Waals surface area contributed by atoms with Crippen molar-refractivity contribution in [3.63, 3.8) is 0 Å². The number of carbonyl (C=O) groups excluding carboxylic acids is 1. The summed E-state index contributed by atoms with van der Waals surface area (Å²) in [4.78, 5) is 40.8. The summed E-state index contributed by atoms with van der Waals surface area (Å²) in [7, 11) is 1.70. The fourth-order valence-corrected chi connectivity index (χ4v) is 6.04. The van der Waals surface area contributed by atoms with E-state index in [0.717, 1.165) is 21.4 Å². The van der Waals surface area contributed by atoms with Crippen LogP contribution in [0.4, 0.5) is 34.6 Å². The van der Waals surface area contributed by atoms with E-state index in [2.05, 4.69) is 56.2 Å². The van der Waals surface area contributed by atoms with Crippen molar-refractivity contribution in [1.29, 1.82) is 0 Å². The Bertz CT molecular complexity index is 2270. The molecule has 13 heteroatoms. The molecule has 2 aromatic heterocycles. The molecule has 0 saturated carbocycles. The van der Waals surface area contributed by atoms with Gasteiger partial charge in [0.1, 0.15) is 0 Å². The number of rotatable bonds is 6. The number of nitrogens with one attached hydrogen (secondary N) is 3. The number of benzene rings is 4. The maximum Gasteiger partial charge on any atom is 0.320 e. The summed E-state index contributed by atoms with van der Waals surface area (Å²) in [6.45, 7) is 0. The van der Waals surface area contributed by atoms with E-state index in [1.54, 1.807) is 66.2 Å². The second kappa shape index (κ2) is 11.2. The number of aromatic hydroxyl groups is 1. The van der Waals surface area contributed by atoms with Gasteiger partial charge in [-0.05, 0) is 59.7 Å². The molecule has 0 atom stereocenters. The summed E-state index contributed by atoms with van der Waals surface area (Å²) >= 11 is 13.5. The minimum Gasteiger partial charge on any atom is -0.479 e. The van der Waals surface area contributed by atoms with Crippen LogP contribution < -0.4 is 21.5 Å². The summed E-state index contributed by atoms with van der Waals surface area (Å²) in [5, 5.41) is 20.3. The number of nitrogens with zero attached hydrogens (tertiary/aromatic N) is 4. The van der Waals surface area contributed by atoms with Gasteiger partial charge in [-0.25, -0.2) is 0 Å². The van der Waals surface area contributed by atoms with Gasteiger partial charge in [0, 0.05) is 44.4 Å². The molecule has 0 fully saturated rings. The van der Waals surface area contributed by atoms with Gasteiger partial charge < -0.3 is 25.6 Å². The molecule has 0 unspecified atom stereocenters. The Morgan fingerprint density at radius 3 is 2.20 bits per heavy atom. The standard InChI is InChI=1S/C32H23N7O3S3/c1-39-23-10-9-21(28-27(23)19(14-26(39)40)17-4-2-3-5-18(17)29(28)41)34-20-8-6-15(12-25(20)45)33-30-36-31(38-32(42)37-30)35-22-13-16(43)7-11-24(22)44/h2-14,34,43-45H,1H3,(H3,33,35,36,37,38,42). The molecule has 0 saturated heterocycles. The second-order valence-corrected chi connectivity index (χ2v) is 11.8. The van der Waals surface area contributed by atoms with Crippen molar-refractivity contribution in [2.75, 3.05) is 16.0 Å². The van der Waals surface area contributed by atoms with Crippen molar-refractivity contribution in [3.05, 3.63) is 100 Å². The van der Waals surface area contributed by atoms with Crippen LogP contribution >= 0.6 is 37.9 Å². The van der Waals surface area contributed by atoms with Crippen molar-refractivity contribution in [2.24, 2.45) is 7.05 Å². The molecule has 0 spiro atoms. The number of carbonyl (C=O) groups is 1. The molecule has 4 N–H and O–H groups in total. The molecule has 0 bridgehead atoms. The van der Waals surface area contributed by atoms with E-state index >= 15 is 0 Å². The Morgan fingerprint density at radius 2 is 1.42 bits per heavy atom. The summed E-state index contributed by atoms with van der Waals surface area (Å²) < 4.78 is 1.55. The van der Waals surface area contributed by atoms with Crippen molar-refractivity contribution in [1.82, 2.24) is 19.5 Å². The van der Waals surface area contributed by atoms with Crippen LogP contribution in [-0.2, 0) is 7.05 Å². The first-order valence-electron chi connectivity index (χ1n) is 13.6. The lowest BCUT2D eigenvalue weighted by Crippen LogP contribution is -2.21.